The van der Waals surface area contributed by atoms with E-state index in [1.54, 1.807) is 0 Å². The van der Waals surface area contributed by atoms with Crippen molar-refractivity contribution in [2.24, 2.45) is 17.8 Å². The SMILES string of the molecule is C[C@@H]1C=CC[C@H]([C@H]2COC(C)(C)O2)[C@@H]1C#N. The van der Waals surface area contributed by atoms with Crippen LogP contribution < -0.4 is 0 Å². The lowest BCUT2D eigenvalue weighted by Gasteiger charge is -2.32. The lowest BCUT2D eigenvalue weighted by Crippen LogP contribution is -2.35. The predicted octanol–water partition coefficient (Wildman–Crippen LogP) is 2.49. The minimum Gasteiger partial charge on any atom is -0.348 e. The molecule has 0 bridgehead atoms. The normalized spacial score (nSPS) is 41.9. The van der Waals surface area contributed by atoms with Gasteiger partial charge in [0, 0.05) is 5.92 Å². The molecule has 2 aliphatic rings. The molecule has 3 heteroatoms. The summed E-state index contributed by atoms with van der Waals surface area (Å²) >= 11 is 0. The molecule has 3 nitrogen and oxygen atoms in total. The van der Waals surface area contributed by atoms with Crippen LogP contribution in [0, 0.1) is 29.1 Å². The third kappa shape index (κ3) is 2.14. The molecule has 1 fully saturated rings. The molecule has 0 radical (unpaired) electrons. The lowest BCUT2D eigenvalue weighted by atomic mass is 9.75. The first-order valence-electron chi connectivity index (χ1n) is 5.91. The number of rotatable bonds is 1. The number of nitrogens with zero attached hydrogens (tertiary/aromatic N) is 1. The topological polar surface area (TPSA) is 42.2 Å². The fourth-order valence-electron chi connectivity index (χ4n) is 2.63. The third-order valence-electron chi connectivity index (χ3n) is 3.53. The third-order valence-corrected chi connectivity index (χ3v) is 3.53. The van der Waals surface area contributed by atoms with Gasteiger partial charge in [-0.1, -0.05) is 19.1 Å². The fourth-order valence-corrected chi connectivity index (χ4v) is 2.63. The molecule has 0 aromatic heterocycles. The zero-order chi connectivity index (χ0) is 11.8. The molecule has 0 spiro atoms. The maximum atomic E-state index is 9.24. The lowest BCUT2D eigenvalue weighted by molar-refractivity contribution is -0.146. The Hall–Kier alpha value is -0.850. The van der Waals surface area contributed by atoms with Crippen molar-refractivity contribution in [2.45, 2.75) is 39.1 Å². The number of allylic oxidation sites excluding steroid dienone is 2. The summed E-state index contributed by atoms with van der Waals surface area (Å²) in [7, 11) is 0. The highest BCUT2D eigenvalue weighted by atomic mass is 16.7. The summed E-state index contributed by atoms with van der Waals surface area (Å²) in [5, 5.41) is 9.24. The average molecular weight is 221 g/mol. The van der Waals surface area contributed by atoms with Crippen LogP contribution in [0.25, 0.3) is 0 Å². The second-order valence-electron chi connectivity index (χ2n) is 5.21. The first-order valence-corrected chi connectivity index (χ1v) is 5.91. The Kier molecular flexibility index (Phi) is 3.05. The first kappa shape index (κ1) is 11.6. The van der Waals surface area contributed by atoms with Crippen molar-refractivity contribution < 1.29 is 9.47 Å². The van der Waals surface area contributed by atoms with E-state index >= 15 is 0 Å². The van der Waals surface area contributed by atoms with Gasteiger partial charge in [-0.05, 0) is 26.2 Å². The van der Waals surface area contributed by atoms with Crippen LogP contribution in [0.3, 0.4) is 0 Å². The maximum absolute atomic E-state index is 9.24. The van der Waals surface area contributed by atoms with Gasteiger partial charge in [0.1, 0.15) is 0 Å². The molecule has 0 unspecified atom stereocenters. The van der Waals surface area contributed by atoms with Gasteiger partial charge in [0.2, 0.25) is 0 Å². The number of hydrogen-bond donors (Lipinski definition) is 0. The standard InChI is InChI=1S/C13H19NO2/c1-9-5-4-6-10(11(9)7-14)12-8-15-13(2,3)16-12/h4-5,9-12H,6,8H2,1-3H3/t9-,10+,11-,12-/m1/s1. The quantitative estimate of drug-likeness (QED) is 0.639. The Labute approximate surface area is 97.0 Å². The van der Waals surface area contributed by atoms with Gasteiger partial charge in [0.25, 0.3) is 0 Å². The van der Waals surface area contributed by atoms with E-state index in [0.29, 0.717) is 12.5 Å². The smallest absolute Gasteiger partial charge is 0.163 e. The molecule has 1 heterocycles. The second-order valence-corrected chi connectivity index (χ2v) is 5.21. The van der Waals surface area contributed by atoms with Crippen LogP contribution in [0.4, 0.5) is 0 Å². The van der Waals surface area contributed by atoms with E-state index in [2.05, 4.69) is 25.1 Å². The highest BCUT2D eigenvalue weighted by Crippen LogP contribution is 2.37. The molecular weight excluding hydrogens is 202 g/mol. The number of nitriles is 1. The molecule has 4 atom stereocenters. The molecule has 16 heavy (non-hydrogen) atoms. The summed E-state index contributed by atoms with van der Waals surface area (Å²) < 4.78 is 11.4. The van der Waals surface area contributed by atoms with Crippen molar-refractivity contribution in [3.8, 4) is 6.07 Å². The summed E-state index contributed by atoms with van der Waals surface area (Å²) in [5.41, 5.74) is 0. The average Bonchev–Trinajstić information content (AvgIpc) is 2.58. The van der Waals surface area contributed by atoms with Crippen LogP contribution in [0.1, 0.15) is 27.2 Å². The van der Waals surface area contributed by atoms with Gasteiger partial charge in [-0.15, -0.1) is 0 Å². The van der Waals surface area contributed by atoms with Crippen molar-refractivity contribution in [1.82, 2.24) is 0 Å². The zero-order valence-electron chi connectivity index (χ0n) is 10.1. The minimum atomic E-state index is -0.491. The molecule has 1 aliphatic carbocycles. The highest BCUT2D eigenvalue weighted by molar-refractivity contribution is 5.08. The van der Waals surface area contributed by atoms with Crippen LogP contribution in [0.15, 0.2) is 12.2 Å². The maximum Gasteiger partial charge on any atom is 0.163 e. The van der Waals surface area contributed by atoms with Crippen molar-refractivity contribution in [3.05, 3.63) is 12.2 Å². The van der Waals surface area contributed by atoms with E-state index in [1.807, 2.05) is 13.8 Å². The van der Waals surface area contributed by atoms with Gasteiger partial charge < -0.3 is 9.47 Å². The number of ether oxygens (including phenoxy) is 2. The molecule has 1 aliphatic heterocycles. The molecule has 0 amide bonds. The second kappa shape index (κ2) is 4.20. The van der Waals surface area contributed by atoms with Crippen molar-refractivity contribution in [3.63, 3.8) is 0 Å². The first-order chi connectivity index (χ1) is 7.53. The largest absolute Gasteiger partial charge is 0.348 e. The van der Waals surface area contributed by atoms with Crippen molar-refractivity contribution >= 4 is 0 Å². The molecule has 0 saturated carbocycles. The Balaban J connectivity index is 2.10. The van der Waals surface area contributed by atoms with E-state index in [4.69, 9.17) is 9.47 Å². The molecule has 0 N–H and O–H groups in total. The predicted molar refractivity (Wildman–Crippen MR) is 60.4 cm³/mol. The Morgan fingerprint density at radius 2 is 2.19 bits per heavy atom. The fraction of sp³-hybridized carbons (Fsp3) is 0.769. The summed E-state index contributed by atoms with van der Waals surface area (Å²) in [4.78, 5) is 0. The van der Waals surface area contributed by atoms with Gasteiger partial charge in [0.15, 0.2) is 5.79 Å². The summed E-state index contributed by atoms with van der Waals surface area (Å²) in [5.74, 6) is 0.144. The van der Waals surface area contributed by atoms with Crippen LogP contribution in [-0.2, 0) is 9.47 Å². The number of hydrogen-bond acceptors (Lipinski definition) is 3. The molecular formula is C13H19NO2. The van der Waals surface area contributed by atoms with Crippen molar-refractivity contribution in [1.29, 1.82) is 5.26 Å². The van der Waals surface area contributed by atoms with Gasteiger partial charge in [0.05, 0.1) is 24.7 Å². The summed E-state index contributed by atoms with van der Waals surface area (Å²) in [6.45, 7) is 6.56. The molecule has 2 rings (SSSR count). The van der Waals surface area contributed by atoms with Gasteiger partial charge >= 0.3 is 0 Å². The van der Waals surface area contributed by atoms with Crippen LogP contribution in [0.5, 0.6) is 0 Å². The van der Waals surface area contributed by atoms with Crippen LogP contribution in [-0.4, -0.2) is 18.5 Å². The van der Waals surface area contributed by atoms with E-state index in [0.717, 1.165) is 6.42 Å². The summed E-state index contributed by atoms with van der Waals surface area (Å²) in [6, 6.07) is 2.42. The van der Waals surface area contributed by atoms with Crippen molar-refractivity contribution in [2.75, 3.05) is 6.61 Å². The molecule has 0 aromatic rings. The molecule has 88 valence electrons. The Bertz CT molecular complexity index is 329. The van der Waals surface area contributed by atoms with Gasteiger partial charge in [-0.25, -0.2) is 0 Å². The van der Waals surface area contributed by atoms with E-state index < -0.39 is 5.79 Å². The van der Waals surface area contributed by atoms with E-state index in [-0.39, 0.29) is 17.9 Å². The highest BCUT2D eigenvalue weighted by Gasteiger charge is 2.42. The van der Waals surface area contributed by atoms with Crippen LogP contribution in [0.2, 0.25) is 0 Å². The molecule has 0 aromatic carbocycles. The minimum absolute atomic E-state index is 0.0486. The van der Waals surface area contributed by atoms with Gasteiger partial charge in [-0.2, -0.15) is 5.26 Å². The van der Waals surface area contributed by atoms with Gasteiger partial charge in [-0.3, -0.25) is 0 Å². The Morgan fingerprint density at radius 3 is 2.75 bits per heavy atom. The van der Waals surface area contributed by atoms with E-state index in [9.17, 15) is 5.26 Å². The Morgan fingerprint density at radius 1 is 1.44 bits per heavy atom. The van der Waals surface area contributed by atoms with E-state index in [1.165, 1.54) is 0 Å². The van der Waals surface area contributed by atoms with Crippen LogP contribution >= 0.6 is 0 Å². The zero-order valence-corrected chi connectivity index (χ0v) is 10.1. The molecule has 1 saturated heterocycles. The summed E-state index contributed by atoms with van der Waals surface area (Å²) in [6.07, 6.45) is 5.28. The monoisotopic (exact) mass is 221 g/mol.